The van der Waals surface area contributed by atoms with Gasteiger partial charge in [-0.15, -0.1) is 0 Å². The Morgan fingerprint density at radius 2 is 2.15 bits per heavy atom. The van der Waals surface area contributed by atoms with E-state index in [1.54, 1.807) is 0 Å². The number of nitrogens with two attached hydrogens (primary N) is 1. The van der Waals surface area contributed by atoms with Gasteiger partial charge >= 0.3 is 0 Å². The first-order valence-corrected chi connectivity index (χ1v) is 7.22. The van der Waals surface area contributed by atoms with E-state index in [0.29, 0.717) is 12.2 Å². The molecule has 1 aromatic rings. The molecule has 2 aliphatic rings. The number of hydrogen-bond donors (Lipinski definition) is 1. The molecule has 0 aliphatic carbocycles. The van der Waals surface area contributed by atoms with Crippen molar-refractivity contribution in [2.75, 3.05) is 36.8 Å². The molecule has 1 aromatic carbocycles. The fourth-order valence-electron chi connectivity index (χ4n) is 2.92. The molecule has 1 atom stereocenters. The highest BCUT2D eigenvalue weighted by molar-refractivity contribution is 5.83. The number of ether oxygens (including phenoxy) is 1. The monoisotopic (exact) mass is 275 g/mol. The van der Waals surface area contributed by atoms with Crippen LogP contribution in [0.5, 0.6) is 5.75 Å². The third kappa shape index (κ3) is 2.53. The maximum Gasteiger partial charge on any atom is 0.242 e. The van der Waals surface area contributed by atoms with Crippen LogP contribution >= 0.6 is 0 Å². The van der Waals surface area contributed by atoms with E-state index in [0.717, 1.165) is 43.9 Å². The number of amides is 1. The summed E-state index contributed by atoms with van der Waals surface area (Å²) in [4.78, 5) is 16.4. The molecular formula is C15H21N3O2. The van der Waals surface area contributed by atoms with Gasteiger partial charge in [0.25, 0.3) is 0 Å². The zero-order valence-electron chi connectivity index (χ0n) is 11.8. The van der Waals surface area contributed by atoms with Crippen LogP contribution in [0.3, 0.4) is 0 Å². The van der Waals surface area contributed by atoms with Gasteiger partial charge in [-0.1, -0.05) is 0 Å². The number of nitrogen functional groups attached to an aromatic ring is 1. The zero-order valence-corrected chi connectivity index (χ0v) is 11.8. The summed E-state index contributed by atoms with van der Waals surface area (Å²) >= 11 is 0. The van der Waals surface area contributed by atoms with Crippen molar-refractivity contribution >= 4 is 17.3 Å². The summed E-state index contributed by atoms with van der Waals surface area (Å²) in [5.74, 6) is 1.01. The molecular weight excluding hydrogens is 254 g/mol. The van der Waals surface area contributed by atoms with E-state index in [4.69, 9.17) is 10.5 Å². The zero-order chi connectivity index (χ0) is 14.1. The predicted octanol–water partition coefficient (Wildman–Crippen LogP) is 1.48. The average Bonchev–Trinajstić information content (AvgIpc) is 2.93. The summed E-state index contributed by atoms with van der Waals surface area (Å²) in [7, 11) is 0. The van der Waals surface area contributed by atoms with E-state index < -0.39 is 0 Å². The van der Waals surface area contributed by atoms with Crippen LogP contribution in [0.4, 0.5) is 11.4 Å². The molecule has 1 saturated heterocycles. The quantitative estimate of drug-likeness (QED) is 0.831. The minimum Gasteiger partial charge on any atom is -0.487 e. The van der Waals surface area contributed by atoms with Crippen LogP contribution in [0.25, 0.3) is 0 Å². The smallest absolute Gasteiger partial charge is 0.242 e. The standard InChI is InChI=1S/C15H21N3O2/c1-11-9-18(10-15(19)17-6-2-3-7-17)13-8-12(16)4-5-14(13)20-11/h4-5,8,11H,2-3,6-7,9-10,16H2,1H3. The first kappa shape index (κ1) is 13.1. The Balaban J connectivity index is 1.79. The molecule has 0 aromatic heterocycles. The molecule has 0 bridgehead atoms. The van der Waals surface area contributed by atoms with Crippen LogP contribution in [0.1, 0.15) is 19.8 Å². The first-order chi connectivity index (χ1) is 9.63. The molecule has 0 radical (unpaired) electrons. The molecule has 1 fully saturated rings. The van der Waals surface area contributed by atoms with Gasteiger partial charge in [-0.2, -0.15) is 0 Å². The van der Waals surface area contributed by atoms with Crippen LogP contribution in [0, 0.1) is 0 Å². The Bertz CT molecular complexity index is 512. The summed E-state index contributed by atoms with van der Waals surface area (Å²) in [6.07, 6.45) is 2.32. The highest BCUT2D eigenvalue weighted by Gasteiger charge is 2.27. The van der Waals surface area contributed by atoms with Crippen molar-refractivity contribution in [3.63, 3.8) is 0 Å². The summed E-state index contributed by atoms with van der Waals surface area (Å²) in [5.41, 5.74) is 7.48. The van der Waals surface area contributed by atoms with Crippen LogP contribution in [0.2, 0.25) is 0 Å². The maximum atomic E-state index is 12.3. The number of benzene rings is 1. The molecule has 3 rings (SSSR count). The summed E-state index contributed by atoms with van der Waals surface area (Å²) in [6.45, 7) is 4.93. The summed E-state index contributed by atoms with van der Waals surface area (Å²) < 4.78 is 5.80. The number of carbonyl (C=O) groups excluding carboxylic acids is 1. The van der Waals surface area contributed by atoms with E-state index in [1.807, 2.05) is 30.0 Å². The van der Waals surface area contributed by atoms with Gasteiger partial charge in [0.15, 0.2) is 0 Å². The molecule has 0 saturated carbocycles. The topological polar surface area (TPSA) is 58.8 Å². The average molecular weight is 275 g/mol. The van der Waals surface area contributed by atoms with Crippen LogP contribution in [-0.2, 0) is 4.79 Å². The lowest BCUT2D eigenvalue weighted by Crippen LogP contribution is -2.45. The lowest BCUT2D eigenvalue weighted by Gasteiger charge is -2.35. The van der Waals surface area contributed by atoms with E-state index in [9.17, 15) is 4.79 Å². The van der Waals surface area contributed by atoms with Crippen molar-refractivity contribution in [3.8, 4) is 5.75 Å². The number of rotatable bonds is 2. The SMILES string of the molecule is CC1CN(CC(=O)N2CCCC2)c2cc(N)ccc2O1. The molecule has 1 unspecified atom stereocenters. The van der Waals surface area contributed by atoms with Crippen molar-refractivity contribution < 1.29 is 9.53 Å². The highest BCUT2D eigenvalue weighted by Crippen LogP contribution is 2.35. The lowest BCUT2D eigenvalue weighted by molar-refractivity contribution is -0.128. The number of likely N-dealkylation sites (tertiary alicyclic amines) is 1. The van der Waals surface area contributed by atoms with Gasteiger partial charge < -0.3 is 20.3 Å². The largest absolute Gasteiger partial charge is 0.487 e. The molecule has 20 heavy (non-hydrogen) atoms. The van der Waals surface area contributed by atoms with Crippen molar-refractivity contribution in [2.24, 2.45) is 0 Å². The van der Waals surface area contributed by atoms with E-state index >= 15 is 0 Å². The lowest BCUT2D eigenvalue weighted by atomic mass is 10.2. The van der Waals surface area contributed by atoms with Crippen LogP contribution in [0.15, 0.2) is 18.2 Å². The number of carbonyl (C=O) groups is 1. The van der Waals surface area contributed by atoms with Crippen molar-refractivity contribution in [3.05, 3.63) is 18.2 Å². The number of anilines is 2. The van der Waals surface area contributed by atoms with Gasteiger partial charge in [-0.05, 0) is 38.0 Å². The van der Waals surface area contributed by atoms with Gasteiger partial charge in [0.1, 0.15) is 11.9 Å². The summed E-state index contributed by atoms with van der Waals surface area (Å²) in [6, 6.07) is 5.60. The Morgan fingerprint density at radius 1 is 1.40 bits per heavy atom. The molecule has 1 amide bonds. The van der Waals surface area contributed by atoms with Gasteiger partial charge in [-0.25, -0.2) is 0 Å². The predicted molar refractivity (Wildman–Crippen MR) is 79.0 cm³/mol. The second-order valence-corrected chi connectivity index (χ2v) is 5.62. The Hall–Kier alpha value is -1.91. The van der Waals surface area contributed by atoms with Crippen LogP contribution < -0.4 is 15.4 Å². The Labute approximate surface area is 119 Å². The molecule has 5 nitrogen and oxygen atoms in total. The number of nitrogens with zero attached hydrogens (tertiary/aromatic N) is 2. The van der Waals surface area contributed by atoms with E-state index in [1.165, 1.54) is 0 Å². The van der Waals surface area contributed by atoms with Gasteiger partial charge in [0, 0.05) is 18.8 Å². The number of fused-ring (bicyclic) bond motifs is 1. The third-order valence-electron chi connectivity index (χ3n) is 3.91. The molecule has 0 spiro atoms. The second-order valence-electron chi connectivity index (χ2n) is 5.62. The van der Waals surface area contributed by atoms with Crippen molar-refractivity contribution in [2.45, 2.75) is 25.9 Å². The second kappa shape index (κ2) is 5.23. The van der Waals surface area contributed by atoms with Gasteiger partial charge in [0.2, 0.25) is 5.91 Å². The van der Waals surface area contributed by atoms with Crippen LogP contribution in [-0.4, -0.2) is 43.1 Å². The van der Waals surface area contributed by atoms with E-state index in [-0.39, 0.29) is 12.0 Å². The molecule has 5 heteroatoms. The minimum atomic E-state index is 0.0810. The van der Waals surface area contributed by atoms with E-state index in [2.05, 4.69) is 4.90 Å². The van der Waals surface area contributed by atoms with Gasteiger partial charge in [-0.3, -0.25) is 4.79 Å². The van der Waals surface area contributed by atoms with Crippen molar-refractivity contribution in [1.82, 2.24) is 4.90 Å². The highest BCUT2D eigenvalue weighted by atomic mass is 16.5. The minimum absolute atomic E-state index is 0.0810. The first-order valence-electron chi connectivity index (χ1n) is 7.22. The van der Waals surface area contributed by atoms with Gasteiger partial charge in [0.05, 0.1) is 18.8 Å². The molecule has 2 N–H and O–H groups in total. The fraction of sp³-hybridized carbons (Fsp3) is 0.533. The summed E-state index contributed by atoms with van der Waals surface area (Å²) in [5, 5.41) is 0. The molecule has 2 aliphatic heterocycles. The van der Waals surface area contributed by atoms with Crippen molar-refractivity contribution in [1.29, 1.82) is 0 Å². The molecule has 108 valence electrons. The maximum absolute atomic E-state index is 12.3. The third-order valence-corrected chi connectivity index (χ3v) is 3.91. The normalized spacial score (nSPS) is 21.6. The Morgan fingerprint density at radius 3 is 2.90 bits per heavy atom. The fourth-order valence-corrected chi connectivity index (χ4v) is 2.92. The molecule has 2 heterocycles. The Kier molecular flexibility index (Phi) is 3.42. The number of hydrogen-bond acceptors (Lipinski definition) is 4.